The van der Waals surface area contributed by atoms with Crippen LogP contribution in [0.25, 0.3) is 0 Å². The molecule has 1 heterocycles. The quantitative estimate of drug-likeness (QED) is 0.0222. The summed E-state index contributed by atoms with van der Waals surface area (Å²) < 4.78 is 33.2. The van der Waals surface area contributed by atoms with Gasteiger partial charge in [0.25, 0.3) is 5.69 Å². The summed E-state index contributed by atoms with van der Waals surface area (Å²) in [7, 11) is 0. The first-order chi connectivity index (χ1) is 36.1. The zero-order chi connectivity index (χ0) is 52.7. The highest BCUT2D eigenvalue weighted by molar-refractivity contribution is 6.03. The molecule has 15 heteroatoms. The van der Waals surface area contributed by atoms with Crippen LogP contribution in [0.1, 0.15) is 144 Å². The molecule has 74 heavy (non-hydrogen) atoms. The van der Waals surface area contributed by atoms with E-state index < -0.39 is 28.8 Å². The number of benzene rings is 3. The second-order valence-corrected chi connectivity index (χ2v) is 20.1. The molecule has 406 valence electrons. The zero-order valence-electron chi connectivity index (χ0n) is 44.3. The molecule has 2 aliphatic carbocycles. The van der Waals surface area contributed by atoms with E-state index in [0.717, 1.165) is 67.2 Å². The first-order valence-corrected chi connectivity index (χ1v) is 27.4. The van der Waals surface area contributed by atoms with Crippen LogP contribution >= 0.6 is 0 Å². The van der Waals surface area contributed by atoms with Gasteiger partial charge in [0.05, 0.1) is 49.6 Å². The van der Waals surface area contributed by atoms with Gasteiger partial charge in [-0.3, -0.25) is 15.0 Å². The van der Waals surface area contributed by atoms with Crippen molar-refractivity contribution in [3.63, 3.8) is 0 Å². The van der Waals surface area contributed by atoms with E-state index in [1.54, 1.807) is 23.1 Å². The van der Waals surface area contributed by atoms with Gasteiger partial charge in [-0.2, -0.15) is 0 Å². The number of non-ortho nitro benzene ring substituents is 1. The van der Waals surface area contributed by atoms with Crippen molar-refractivity contribution in [3.05, 3.63) is 117 Å². The van der Waals surface area contributed by atoms with Gasteiger partial charge in [-0.25, -0.2) is 4.79 Å². The first-order valence-electron chi connectivity index (χ1n) is 27.4. The van der Waals surface area contributed by atoms with Crippen molar-refractivity contribution in [2.75, 3.05) is 52.8 Å². The lowest BCUT2D eigenvalue weighted by Gasteiger charge is -2.59. The standard InChI is InChI=1S/C59H83N3O12/c1-5-7-8-9-10-11-12-13-14-19-35-70-58(66)61(30-36-69-37-33-65)55-41-53(60-72-42-45-23-25-47(26-24-45)62(67)68)51-39-46(20-15-17-31-63)50(21-16-18-32-64)56-52-40-49(73-48-27-22-43(3)44(4)38-48)28-29-54(52)74-59(55,57(51)56)71-34-6-2/h6,22-29,38-40,46,50,55-57,63-65H,2,5,7-21,30-37,41-42H2,1,3-4H3. The number of carbonyl (C=O) groups is 1. The maximum absolute atomic E-state index is 14.9. The highest BCUT2D eigenvalue weighted by Gasteiger charge is 2.65. The van der Waals surface area contributed by atoms with Crippen LogP contribution < -0.4 is 9.47 Å². The average molecular weight is 1030 g/mol. The highest BCUT2D eigenvalue weighted by atomic mass is 16.7. The molecule has 6 rings (SSSR count). The normalized spacial score (nSPS) is 21.2. The van der Waals surface area contributed by atoms with Crippen LogP contribution in [0.5, 0.6) is 17.2 Å². The van der Waals surface area contributed by atoms with Crippen LogP contribution in [-0.2, 0) is 25.7 Å². The Bertz CT molecular complexity index is 2290. The number of unbranched alkanes of at least 4 members (excludes halogenated alkanes) is 11. The van der Waals surface area contributed by atoms with Crippen molar-refractivity contribution in [1.29, 1.82) is 0 Å². The molecule has 0 aromatic heterocycles. The fourth-order valence-corrected chi connectivity index (χ4v) is 11.1. The minimum absolute atomic E-state index is 0.00528. The van der Waals surface area contributed by atoms with Crippen LogP contribution in [0.4, 0.5) is 10.5 Å². The molecule has 0 radical (unpaired) electrons. The number of nitrogens with zero attached hydrogens (tertiary/aromatic N) is 3. The summed E-state index contributed by atoms with van der Waals surface area (Å²) in [6.45, 7) is 10.9. The van der Waals surface area contributed by atoms with E-state index in [2.05, 4.69) is 39.5 Å². The van der Waals surface area contributed by atoms with E-state index in [4.69, 9.17) is 33.7 Å². The molecular formula is C59H83N3O12. The van der Waals surface area contributed by atoms with Gasteiger partial charge < -0.3 is 43.8 Å². The summed E-state index contributed by atoms with van der Waals surface area (Å²) in [6, 6.07) is 17.2. The van der Waals surface area contributed by atoms with Gasteiger partial charge in [0.1, 0.15) is 29.9 Å². The Morgan fingerprint density at radius 1 is 0.838 bits per heavy atom. The van der Waals surface area contributed by atoms with Gasteiger partial charge in [-0.1, -0.05) is 101 Å². The number of fused-ring (bicyclic) bond motifs is 2. The Labute approximate surface area is 439 Å². The lowest BCUT2D eigenvalue weighted by molar-refractivity contribution is -0.384. The maximum atomic E-state index is 14.9. The third-order valence-electron chi connectivity index (χ3n) is 15.0. The highest BCUT2D eigenvalue weighted by Crippen LogP contribution is 2.62. The van der Waals surface area contributed by atoms with Gasteiger partial charge in [-0.05, 0) is 123 Å². The van der Waals surface area contributed by atoms with Crippen molar-refractivity contribution >= 4 is 17.5 Å². The summed E-state index contributed by atoms with van der Waals surface area (Å²) >= 11 is 0. The minimum atomic E-state index is -1.54. The molecule has 1 fully saturated rings. The number of allylic oxidation sites excluding steroid dienone is 1. The Balaban J connectivity index is 1.46. The summed E-state index contributed by atoms with van der Waals surface area (Å²) in [5.41, 5.74) is 5.26. The molecule has 0 bridgehead atoms. The number of oxime groups is 1. The number of aliphatic hydroxyl groups excluding tert-OH is 3. The smallest absolute Gasteiger partial charge is 0.410 e. The molecule has 3 N–H and O–H groups in total. The van der Waals surface area contributed by atoms with Gasteiger partial charge >= 0.3 is 6.09 Å². The van der Waals surface area contributed by atoms with Crippen molar-refractivity contribution in [2.24, 2.45) is 22.9 Å². The van der Waals surface area contributed by atoms with E-state index >= 15 is 0 Å². The Kier molecular flexibility index (Phi) is 23.7. The topological polar surface area (TPSA) is 192 Å². The summed E-state index contributed by atoms with van der Waals surface area (Å²) in [5, 5.41) is 46.2. The zero-order valence-corrected chi connectivity index (χ0v) is 44.3. The maximum Gasteiger partial charge on any atom is 0.410 e. The summed E-state index contributed by atoms with van der Waals surface area (Å²) in [6.07, 6.45) is 19.2. The Hall–Kier alpha value is -5.32. The van der Waals surface area contributed by atoms with E-state index in [9.17, 15) is 30.2 Å². The van der Waals surface area contributed by atoms with Gasteiger partial charge in [-0.15, -0.1) is 6.58 Å². The molecule has 3 aromatic rings. The largest absolute Gasteiger partial charge is 0.459 e. The van der Waals surface area contributed by atoms with Crippen molar-refractivity contribution < 1.29 is 53.6 Å². The second kappa shape index (κ2) is 30.3. The molecule has 15 nitrogen and oxygen atoms in total. The predicted molar refractivity (Wildman–Crippen MR) is 287 cm³/mol. The number of nitro groups is 1. The second-order valence-electron chi connectivity index (χ2n) is 20.1. The van der Waals surface area contributed by atoms with Gasteiger partial charge in [0, 0.05) is 49.8 Å². The fourth-order valence-electron chi connectivity index (χ4n) is 11.1. The molecule has 1 saturated carbocycles. The Morgan fingerprint density at radius 3 is 2.20 bits per heavy atom. The van der Waals surface area contributed by atoms with Gasteiger partial charge in [0.2, 0.25) is 5.79 Å². The molecule has 1 aliphatic heterocycles. The number of hydrogen-bond donors (Lipinski definition) is 3. The van der Waals surface area contributed by atoms with Crippen molar-refractivity contribution in [1.82, 2.24) is 4.90 Å². The molecule has 3 aromatic carbocycles. The van der Waals surface area contributed by atoms with Crippen LogP contribution in [-0.4, -0.2) is 102 Å². The summed E-state index contributed by atoms with van der Waals surface area (Å²) in [5.74, 6) is -0.543. The molecule has 0 spiro atoms. The average Bonchev–Trinajstić information content (AvgIpc) is 3.40. The number of aliphatic hydroxyl groups is 3. The number of aryl methyl sites for hydroxylation is 2. The monoisotopic (exact) mass is 1030 g/mol. The molecule has 0 saturated heterocycles. The number of rotatable bonds is 34. The van der Waals surface area contributed by atoms with Gasteiger partial charge in [0.15, 0.2) is 0 Å². The molecule has 3 aliphatic rings. The van der Waals surface area contributed by atoms with Crippen molar-refractivity contribution in [2.45, 2.75) is 154 Å². The summed E-state index contributed by atoms with van der Waals surface area (Å²) in [4.78, 5) is 33.8. The third kappa shape index (κ3) is 15.6. The number of carbonyl (C=O) groups excluding carboxylic acids is 1. The van der Waals surface area contributed by atoms with Crippen LogP contribution in [0.3, 0.4) is 0 Å². The van der Waals surface area contributed by atoms with E-state index in [0.29, 0.717) is 47.8 Å². The minimum Gasteiger partial charge on any atom is -0.459 e. The lowest BCUT2D eigenvalue weighted by atomic mass is 9.55. The SMILES string of the molecule is C=CCOC12Oc3ccc(Oc4ccc(C)c(C)c4)cc3C3C(CCCCO)C(CCCCO)C=C(C(=NOCc4ccc([N+](=O)[O-])cc4)CC1N(CCOCCO)C(=O)OCCCCCCCCCCCC)C32. The molecule has 6 unspecified atom stereocenters. The van der Waals surface area contributed by atoms with Crippen LogP contribution in [0, 0.1) is 41.7 Å². The number of ether oxygens (including phenoxy) is 5. The number of hydrogen-bond acceptors (Lipinski definition) is 13. The number of nitro benzene ring substituents is 1. The van der Waals surface area contributed by atoms with Crippen LogP contribution in [0.2, 0.25) is 0 Å². The van der Waals surface area contributed by atoms with E-state index in [-0.39, 0.29) is 89.3 Å². The lowest BCUT2D eigenvalue weighted by Crippen LogP contribution is -2.70. The molecule has 6 atom stereocenters. The first kappa shape index (κ1) is 57.9. The molecular weight excluding hydrogens is 943 g/mol. The fraction of sp³-hybridized carbons (Fsp3) is 0.593. The molecule has 1 amide bonds. The van der Waals surface area contributed by atoms with Crippen molar-refractivity contribution in [3.8, 4) is 17.2 Å². The third-order valence-corrected chi connectivity index (χ3v) is 15.0. The van der Waals surface area contributed by atoms with E-state index in [1.807, 2.05) is 30.3 Å². The van der Waals surface area contributed by atoms with Crippen LogP contribution in [0.15, 0.2) is 90.1 Å². The van der Waals surface area contributed by atoms with E-state index in [1.165, 1.54) is 50.7 Å². The Morgan fingerprint density at radius 2 is 1.53 bits per heavy atom. The number of amides is 1. The predicted octanol–water partition coefficient (Wildman–Crippen LogP) is 12.2.